The fraction of sp³-hybridized carbons (Fsp3) is 0.375. The number of allylic oxidation sites excluding steroid dienone is 5. The summed E-state index contributed by atoms with van der Waals surface area (Å²) in [7, 11) is 0. The average molecular weight is 345 g/mol. The van der Waals surface area contributed by atoms with Gasteiger partial charge in [0.05, 0.1) is 11.6 Å². The van der Waals surface area contributed by atoms with Crippen LogP contribution in [0.5, 0.6) is 0 Å². The molecule has 1 aliphatic carbocycles. The van der Waals surface area contributed by atoms with Gasteiger partial charge in [-0.1, -0.05) is 58.1 Å². The highest BCUT2D eigenvalue weighted by Gasteiger charge is 2.27. The van der Waals surface area contributed by atoms with E-state index in [4.69, 9.17) is 0 Å². The van der Waals surface area contributed by atoms with Crippen molar-refractivity contribution in [3.05, 3.63) is 64.9 Å². The Morgan fingerprint density at radius 1 is 1.35 bits per heavy atom. The molecule has 1 aliphatic rings. The van der Waals surface area contributed by atoms with Crippen molar-refractivity contribution < 1.29 is 0 Å². The molecule has 2 aromatic rings. The number of nitrogens with zero attached hydrogens (tertiary/aromatic N) is 1. The Morgan fingerprint density at radius 2 is 2.08 bits per heavy atom. The Hall–Kier alpha value is -2.53. The SMILES string of the molecule is C=C(c1c(C(C)(C)C)[nH]c2cc(C#N)ccc12)C1C=C(CC)C(C)=CC1. The van der Waals surface area contributed by atoms with Gasteiger partial charge in [0, 0.05) is 33.5 Å². The molecule has 0 radical (unpaired) electrons. The van der Waals surface area contributed by atoms with Crippen molar-refractivity contribution in [2.75, 3.05) is 0 Å². The number of hydrogen-bond acceptors (Lipinski definition) is 1. The molecule has 1 N–H and O–H groups in total. The lowest BCUT2D eigenvalue weighted by Gasteiger charge is -2.25. The third kappa shape index (κ3) is 3.15. The summed E-state index contributed by atoms with van der Waals surface area (Å²) in [5.74, 6) is 0.324. The Bertz CT molecular complexity index is 968. The predicted molar refractivity (Wildman–Crippen MR) is 111 cm³/mol. The zero-order chi connectivity index (χ0) is 19.1. The summed E-state index contributed by atoms with van der Waals surface area (Å²) in [6.07, 6.45) is 6.79. The van der Waals surface area contributed by atoms with E-state index in [0.717, 1.165) is 23.7 Å². The van der Waals surface area contributed by atoms with Gasteiger partial charge >= 0.3 is 0 Å². The molecule has 1 aromatic heterocycles. The minimum atomic E-state index is -0.0260. The molecule has 0 bridgehead atoms. The van der Waals surface area contributed by atoms with Crippen LogP contribution in [0.2, 0.25) is 0 Å². The van der Waals surface area contributed by atoms with E-state index in [0.29, 0.717) is 11.5 Å². The lowest BCUT2D eigenvalue weighted by atomic mass is 9.79. The third-order valence-electron chi connectivity index (χ3n) is 5.41. The van der Waals surface area contributed by atoms with Crippen LogP contribution in [0, 0.1) is 17.2 Å². The third-order valence-corrected chi connectivity index (χ3v) is 5.41. The summed E-state index contributed by atoms with van der Waals surface area (Å²) in [5, 5.41) is 10.4. The summed E-state index contributed by atoms with van der Waals surface area (Å²) >= 11 is 0. The maximum Gasteiger partial charge on any atom is 0.0992 e. The predicted octanol–water partition coefficient (Wildman–Crippen LogP) is 6.65. The number of fused-ring (bicyclic) bond motifs is 1. The number of hydrogen-bond donors (Lipinski definition) is 1. The Morgan fingerprint density at radius 3 is 2.69 bits per heavy atom. The number of nitriles is 1. The van der Waals surface area contributed by atoms with E-state index in [1.807, 2.05) is 12.1 Å². The van der Waals surface area contributed by atoms with Crippen molar-refractivity contribution in [1.29, 1.82) is 5.26 Å². The van der Waals surface area contributed by atoms with E-state index in [-0.39, 0.29) is 5.41 Å². The molecular weight excluding hydrogens is 316 g/mol. The van der Waals surface area contributed by atoms with Crippen LogP contribution in [-0.2, 0) is 5.41 Å². The van der Waals surface area contributed by atoms with E-state index >= 15 is 0 Å². The normalized spacial score (nSPS) is 17.6. The van der Waals surface area contributed by atoms with E-state index in [2.05, 4.69) is 70.5 Å². The lowest BCUT2D eigenvalue weighted by molar-refractivity contribution is 0.571. The molecule has 0 saturated heterocycles. The minimum absolute atomic E-state index is 0.0260. The van der Waals surface area contributed by atoms with Gasteiger partial charge in [-0.25, -0.2) is 0 Å². The number of nitrogens with one attached hydrogen (secondary N) is 1. The first-order valence-corrected chi connectivity index (χ1v) is 9.39. The van der Waals surface area contributed by atoms with E-state index < -0.39 is 0 Å². The van der Waals surface area contributed by atoms with E-state index in [9.17, 15) is 5.26 Å². The summed E-state index contributed by atoms with van der Waals surface area (Å²) < 4.78 is 0. The van der Waals surface area contributed by atoms with Crippen molar-refractivity contribution >= 4 is 16.5 Å². The second kappa shape index (κ2) is 6.65. The second-order valence-electron chi connectivity index (χ2n) is 8.30. The smallest absolute Gasteiger partial charge is 0.0992 e. The summed E-state index contributed by atoms with van der Waals surface area (Å²) in [6.45, 7) is 15.6. The van der Waals surface area contributed by atoms with Crippen LogP contribution >= 0.6 is 0 Å². The fourth-order valence-corrected chi connectivity index (χ4v) is 3.87. The molecular formula is C24H28N2. The van der Waals surface area contributed by atoms with Crippen molar-refractivity contribution in [2.45, 2.75) is 52.9 Å². The van der Waals surface area contributed by atoms with Gasteiger partial charge < -0.3 is 4.98 Å². The first kappa shape index (κ1) is 18.3. The fourth-order valence-electron chi connectivity index (χ4n) is 3.87. The Labute approximate surface area is 156 Å². The lowest BCUT2D eigenvalue weighted by Crippen LogP contribution is -2.15. The number of aromatic nitrogens is 1. The van der Waals surface area contributed by atoms with Crippen LogP contribution < -0.4 is 0 Å². The Balaban J connectivity index is 2.16. The molecule has 134 valence electrons. The van der Waals surface area contributed by atoms with Crippen molar-refractivity contribution in [2.24, 2.45) is 5.92 Å². The van der Waals surface area contributed by atoms with Crippen LogP contribution in [0.1, 0.15) is 64.3 Å². The standard InChI is InChI=1S/C24H28N2/c1-7-18-13-19(10-8-15(18)2)16(3)22-20-11-9-17(14-25)12-21(20)26-23(22)24(4,5)6/h8-9,11-13,19,26H,3,7,10H2,1-2,4-6H3. The van der Waals surface area contributed by atoms with Crippen molar-refractivity contribution in [3.8, 4) is 6.07 Å². The van der Waals surface area contributed by atoms with Gasteiger partial charge in [-0.15, -0.1) is 0 Å². The van der Waals surface area contributed by atoms with E-state index in [1.165, 1.54) is 28.0 Å². The van der Waals surface area contributed by atoms with Crippen LogP contribution in [-0.4, -0.2) is 4.98 Å². The molecule has 0 saturated carbocycles. The van der Waals surface area contributed by atoms with Crippen molar-refractivity contribution in [1.82, 2.24) is 4.98 Å². The molecule has 0 amide bonds. The average Bonchev–Trinajstić information content (AvgIpc) is 3.00. The van der Waals surface area contributed by atoms with Crippen LogP contribution in [0.3, 0.4) is 0 Å². The minimum Gasteiger partial charge on any atom is -0.357 e. The molecule has 1 atom stereocenters. The van der Waals surface area contributed by atoms with Gasteiger partial charge in [-0.05, 0) is 43.0 Å². The zero-order valence-corrected chi connectivity index (χ0v) is 16.5. The quantitative estimate of drug-likeness (QED) is 0.665. The molecule has 3 rings (SSSR count). The molecule has 2 heteroatoms. The highest BCUT2D eigenvalue weighted by molar-refractivity contribution is 5.95. The number of benzene rings is 1. The van der Waals surface area contributed by atoms with Crippen LogP contribution in [0.25, 0.3) is 16.5 Å². The monoisotopic (exact) mass is 344 g/mol. The summed E-state index contributed by atoms with van der Waals surface area (Å²) in [5.41, 5.74) is 8.08. The topological polar surface area (TPSA) is 39.6 Å². The van der Waals surface area contributed by atoms with Gasteiger partial charge in [0.1, 0.15) is 0 Å². The number of aromatic amines is 1. The first-order chi connectivity index (χ1) is 12.3. The molecule has 0 aliphatic heterocycles. The second-order valence-corrected chi connectivity index (χ2v) is 8.30. The zero-order valence-electron chi connectivity index (χ0n) is 16.5. The number of H-pyrrole nitrogens is 1. The highest BCUT2D eigenvalue weighted by atomic mass is 14.7. The molecule has 1 heterocycles. The van der Waals surface area contributed by atoms with Gasteiger partial charge in [-0.3, -0.25) is 0 Å². The largest absolute Gasteiger partial charge is 0.357 e. The molecule has 1 unspecified atom stereocenters. The molecule has 1 aromatic carbocycles. The highest BCUT2D eigenvalue weighted by Crippen LogP contribution is 2.41. The van der Waals surface area contributed by atoms with Gasteiger partial charge in [0.15, 0.2) is 0 Å². The maximum atomic E-state index is 9.23. The van der Waals surface area contributed by atoms with Gasteiger partial charge in [0.25, 0.3) is 0 Å². The summed E-state index contributed by atoms with van der Waals surface area (Å²) in [4.78, 5) is 3.58. The van der Waals surface area contributed by atoms with Crippen LogP contribution in [0.4, 0.5) is 0 Å². The molecule has 0 spiro atoms. The Kier molecular flexibility index (Phi) is 4.67. The van der Waals surface area contributed by atoms with E-state index in [1.54, 1.807) is 0 Å². The maximum absolute atomic E-state index is 9.23. The summed E-state index contributed by atoms with van der Waals surface area (Å²) in [6, 6.07) is 8.15. The molecule has 0 fully saturated rings. The number of rotatable bonds is 3. The van der Waals surface area contributed by atoms with Gasteiger partial charge in [0.2, 0.25) is 0 Å². The van der Waals surface area contributed by atoms with Gasteiger partial charge in [-0.2, -0.15) is 5.26 Å². The van der Waals surface area contributed by atoms with Crippen LogP contribution in [0.15, 0.2) is 48.1 Å². The van der Waals surface area contributed by atoms with Crippen molar-refractivity contribution in [3.63, 3.8) is 0 Å². The molecule has 26 heavy (non-hydrogen) atoms. The first-order valence-electron chi connectivity index (χ1n) is 9.39. The molecule has 2 nitrogen and oxygen atoms in total.